The molecule has 0 bridgehead atoms. The van der Waals surface area contributed by atoms with Crippen LogP contribution in [0.2, 0.25) is 0 Å². The number of methoxy groups -OCH3 is 1. The minimum atomic E-state index is -4.27. The van der Waals surface area contributed by atoms with Crippen molar-refractivity contribution in [3.8, 4) is 22.9 Å². The number of hydrogen-bond acceptors (Lipinski definition) is 9. The van der Waals surface area contributed by atoms with Gasteiger partial charge in [-0.25, -0.2) is 32.2 Å². The van der Waals surface area contributed by atoms with Crippen LogP contribution in [0.1, 0.15) is 12.0 Å². The first-order chi connectivity index (χ1) is 20.7. The molecule has 1 aliphatic heterocycles. The van der Waals surface area contributed by atoms with Gasteiger partial charge in [-0.2, -0.15) is 4.39 Å². The van der Waals surface area contributed by atoms with Gasteiger partial charge >= 0.3 is 0 Å². The van der Waals surface area contributed by atoms with Crippen LogP contribution >= 0.6 is 0 Å². The number of benzene rings is 2. The highest BCUT2D eigenvalue weighted by Crippen LogP contribution is 2.36. The lowest BCUT2D eigenvalue weighted by molar-refractivity contribution is 0.134. The van der Waals surface area contributed by atoms with Crippen molar-refractivity contribution in [2.24, 2.45) is 5.92 Å². The molecule has 0 radical (unpaired) electrons. The Morgan fingerprint density at radius 2 is 1.81 bits per heavy atom. The summed E-state index contributed by atoms with van der Waals surface area (Å²) in [5.41, 5.74) is -0.101. The van der Waals surface area contributed by atoms with E-state index in [0.29, 0.717) is 47.9 Å². The predicted octanol–water partition coefficient (Wildman–Crippen LogP) is 4.73. The summed E-state index contributed by atoms with van der Waals surface area (Å²) in [6, 6.07) is 13.4. The summed E-state index contributed by atoms with van der Waals surface area (Å²) in [5.74, 6) is -5.63. The fraction of sp³-hybridized carbons (Fsp3) is 0.276. The fourth-order valence-electron chi connectivity index (χ4n) is 4.76. The lowest BCUT2D eigenvalue weighted by atomic mass is 9.96. The van der Waals surface area contributed by atoms with Gasteiger partial charge in [0.15, 0.2) is 17.4 Å². The van der Waals surface area contributed by atoms with E-state index in [0.717, 1.165) is 13.0 Å². The summed E-state index contributed by atoms with van der Waals surface area (Å²) in [5, 5.41) is 6.65. The molecular weight excluding hydrogens is 585 g/mol. The number of anilines is 2. The Morgan fingerprint density at radius 3 is 2.60 bits per heavy atom. The monoisotopic (exact) mass is 614 g/mol. The van der Waals surface area contributed by atoms with E-state index in [2.05, 4.69) is 25.6 Å². The van der Waals surface area contributed by atoms with Crippen molar-refractivity contribution in [3.05, 3.63) is 90.0 Å². The van der Waals surface area contributed by atoms with E-state index in [1.807, 2.05) is 0 Å². The molecule has 14 heteroatoms. The lowest BCUT2D eigenvalue weighted by Gasteiger charge is -2.30. The maximum absolute atomic E-state index is 15.1. The third kappa shape index (κ3) is 7.58. The van der Waals surface area contributed by atoms with Gasteiger partial charge in [-0.1, -0.05) is 30.3 Å². The smallest absolute Gasteiger partial charge is 0.237 e. The summed E-state index contributed by atoms with van der Waals surface area (Å²) in [4.78, 5) is 12.9. The molecule has 0 spiro atoms. The lowest BCUT2D eigenvalue weighted by Crippen LogP contribution is -2.44. The van der Waals surface area contributed by atoms with Gasteiger partial charge in [-0.05, 0) is 36.1 Å². The number of nitrogens with one attached hydrogen (secondary N) is 3. The molecule has 10 nitrogen and oxygen atoms in total. The SMILES string of the molecule is COCC1CNCC(Nc2nccc(-c3cccnc3Oc3cc(F)c(NS(=O)(=O)Cc4ccccc4)c(F)c3F)n2)C1. The molecule has 0 saturated carbocycles. The highest BCUT2D eigenvalue weighted by molar-refractivity contribution is 7.91. The van der Waals surface area contributed by atoms with Gasteiger partial charge in [0, 0.05) is 44.7 Å². The highest BCUT2D eigenvalue weighted by atomic mass is 32.2. The largest absolute Gasteiger partial charge is 0.435 e. The highest BCUT2D eigenvalue weighted by Gasteiger charge is 2.26. The molecule has 0 amide bonds. The molecule has 226 valence electrons. The van der Waals surface area contributed by atoms with Crippen LogP contribution in [0, 0.1) is 23.4 Å². The third-order valence-electron chi connectivity index (χ3n) is 6.67. The molecule has 1 fully saturated rings. The van der Waals surface area contributed by atoms with Crippen LogP contribution in [-0.2, 0) is 20.5 Å². The van der Waals surface area contributed by atoms with Crippen molar-refractivity contribution in [1.29, 1.82) is 0 Å². The first kappa shape index (κ1) is 30.2. The minimum absolute atomic E-state index is 0.0532. The van der Waals surface area contributed by atoms with E-state index in [4.69, 9.17) is 9.47 Å². The van der Waals surface area contributed by atoms with Gasteiger partial charge in [0.05, 0.1) is 23.6 Å². The Bertz CT molecular complexity index is 1680. The second-order valence-corrected chi connectivity index (χ2v) is 11.7. The standard InChI is InChI=1S/C29H29F3N6O4S/c1-41-16-19-12-20(15-33-14-19)36-29-35-11-9-23(37-29)21-8-5-10-34-28(21)42-24-13-22(30)27(26(32)25(24)31)38-43(39,40)17-18-6-3-2-4-7-18/h2-11,13,19-20,33,38H,12,14-17H2,1H3,(H,35,36,37). The van der Waals surface area contributed by atoms with Gasteiger partial charge in [0.1, 0.15) is 5.69 Å². The van der Waals surface area contributed by atoms with Crippen LogP contribution in [0.4, 0.5) is 24.8 Å². The average Bonchev–Trinajstić information content (AvgIpc) is 2.99. The number of pyridine rings is 1. The number of aromatic nitrogens is 3. The molecule has 1 saturated heterocycles. The molecule has 43 heavy (non-hydrogen) atoms. The van der Waals surface area contributed by atoms with Crippen molar-refractivity contribution in [1.82, 2.24) is 20.3 Å². The Hall–Kier alpha value is -4.27. The van der Waals surface area contributed by atoms with Crippen LogP contribution in [-0.4, -0.2) is 56.2 Å². The van der Waals surface area contributed by atoms with Crippen LogP contribution in [0.25, 0.3) is 11.3 Å². The van der Waals surface area contributed by atoms with E-state index in [1.54, 1.807) is 48.2 Å². The van der Waals surface area contributed by atoms with Crippen LogP contribution < -0.4 is 20.1 Å². The molecule has 5 rings (SSSR count). The summed E-state index contributed by atoms with van der Waals surface area (Å²) >= 11 is 0. The number of piperidine rings is 1. The van der Waals surface area contributed by atoms with Gasteiger partial charge in [0.2, 0.25) is 27.7 Å². The van der Waals surface area contributed by atoms with Gasteiger partial charge < -0.3 is 20.1 Å². The summed E-state index contributed by atoms with van der Waals surface area (Å²) in [6.07, 6.45) is 3.74. The summed E-state index contributed by atoms with van der Waals surface area (Å²) in [7, 11) is -2.60. The van der Waals surface area contributed by atoms with Crippen LogP contribution in [0.5, 0.6) is 11.6 Å². The van der Waals surface area contributed by atoms with E-state index in [9.17, 15) is 17.2 Å². The average molecular weight is 615 g/mol. The van der Waals surface area contributed by atoms with Gasteiger partial charge in [0.25, 0.3) is 0 Å². The number of sulfonamides is 1. The molecule has 2 unspecified atom stereocenters. The number of ether oxygens (including phenoxy) is 2. The Kier molecular flexibility index (Phi) is 9.38. The molecule has 1 aliphatic rings. The molecule has 2 atom stereocenters. The zero-order valence-electron chi connectivity index (χ0n) is 23.1. The number of halogens is 3. The zero-order valence-corrected chi connectivity index (χ0v) is 23.9. The molecule has 3 heterocycles. The molecule has 2 aromatic carbocycles. The normalized spacial score (nSPS) is 16.9. The maximum Gasteiger partial charge on any atom is 0.237 e. The van der Waals surface area contributed by atoms with Gasteiger partial charge in [-0.15, -0.1) is 0 Å². The minimum Gasteiger partial charge on any atom is -0.435 e. The van der Waals surface area contributed by atoms with E-state index in [1.165, 1.54) is 24.5 Å². The van der Waals surface area contributed by atoms with Crippen molar-refractivity contribution in [3.63, 3.8) is 0 Å². The van der Waals surface area contributed by atoms with Crippen molar-refractivity contribution in [2.75, 3.05) is 36.8 Å². The second kappa shape index (κ2) is 13.4. The van der Waals surface area contributed by atoms with Crippen molar-refractivity contribution in [2.45, 2.75) is 18.2 Å². The molecule has 2 aromatic heterocycles. The summed E-state index contributed by atoms with van der Waals surface area (Å²) < 4.78 is 82.7. The Balaban J connectivity index is 1.36. The zero-order chi connectivity index (χ0) is 30.4. The van der Waals surface area contributed by atoms with Gasteiger partial charge in [-0.3, -0.25) is 4.72 Å². The fourth-order valence-corrected chi connectivity index (χ4v) is 5.96. The van der Waals surface area contributed by atoms with Crippen molar-refractivity contribution < 1.29 is 31.1 Å². The van der Waals surface area contributed by atoms with E-state index < -0.39 is 44.7 Å². The quantitative estimate of drug-likeness (QED) is 0.206. The topological polar surface area (TPSA) is 127 Å². The number of rotatable bonds is 11. The third-order valence-corrected chi connectivity index (χ3v) is 7.90. The van der Waals surface area contributed by atoms with Crippen LogP contribution in [0.3, 0.4) is 0 Å². The van der Waals surface area contributed by atoms with Crippen LogP contribution in [0.15, 0.2) is 67.0 Å². The van der Waals surface area contributed by atoms with Crippen molar-refractivity contribution >= 4 is 21.7 Å². The molecular formula is C29H29F3N6O4S. The Morgan fingerprint density at radius 1 is 1.00 bits per heavy atom. The van der Waals surface area contributed by atoms with E-state index >= 15 is 4.39 Å². The van der Waals surface area contributed by atoms with E-state index in [-0.39, 0.29) is 11.9 Å². The first-order valence-corrected chi connectivity index (χ1v) is 15.0. The molecule has 0 aliphatic carbocycles. The summed E-state index contributed by atoms with van der Waals surface area (Å²) in [6.45, 7) is 2.19. The molecule has 3 N–H and O–H groups in total. The number of hydrogen-bond donors (Lipinski definition) is 3. The molecule has 4 aromatic rings. The number of nitrogens with zero attached hydrogens (tertiary/aromatic N) is 3. The second-order valence-electron chi connectivity index (χ2n) is 9.99. The maximum atomic E-state index is 15.1. The first-order valence-electron chi connectivity index (χ1n) is 13.4. The predicted molar refractivity (Wildman–Crippen MR) is 155 cm³/mol. The Labute approximate surface area is 246 Å².